The van der Waals surface area contributed by atoms with Crippen molar-refractivity contribution in [3.8, 4) is 23.0 Å². The molecule has 7 fully saturated rings. The molecule has 8 aliphatic rings. The number of methoxy groups -OCH3 is 2. The van der Waals surface area contributed by atoms with Crippen LogP contribution in [0.1, 0.15) is 48.8 Å². The molecule has 7 unspecified atom stereocenters. The van der Waals surface area contributed by atoms with E-state index in [4.69, 9.17) is 14.2 Å². The molecule has 3 aromatic rings. The summed E-state index contributed by atoms with van der Waals surface area (Å²) in [6.45, 7) is 4.89. The fourth-order valence-corrected chi connectivity index (χ4v) is 12.3. The van der Waals surface area contributed by atoms with Crippen molar-refractivity contribution in [2.45, 2.75) is 62.6 Å². The van der Waals surface area contributed by atoms with Gasteiger partial charge in [-0.3, -0.25) is 9.80 Å². The largest absolute Gasteiger partial charge is 0.497 e. The highest BCUT2D eigenvalue weighted by Gasteiger charge is 2.91. The Morgan fingerprint density at radius 1 is 0.907 bits per heavy atom. The van der Waals surface area contributed by atoms with Crippen molar-refractivity contribution < 1.29 is 14.2 Å². The maximum atomic E-state index is 6.99. The zero-order valence-corrected chi connectivity index (χ0v) is 25.4. The molecule has 5 bridgehead atoms. The van der Waals surface area contributed by atoms with Crippen molar-refractivity contribution in [1.82, 2.24) is 9.80 Å². The number of piperidine rings is 1. The maximum Gasteiger partial charge on any atom is 0.173 e. The molecule has 0 N–H and O–H groups in total. The highest BCUT2D eigenvalue weighted by Crippen LogP contribution is 2.90. The second-order valence-corrected chi connectivity index (χ2v) is 15.0. The Hall–Kier alpha value is -3.02. The van der Waals surface area contributed by atoms with Crippen molar-refractivity contribution in [3.63, 3.8) is 0 Å². The molecule has 3 aromatic carbocycles. The Kier molecular flexibility index (Phi) is 5.05. The highest BCUT2D eigenvalue weighted by atomic mass is 16.5. The maximum absolute atomic E-state index is 6.99. The van der Waals surface area contributed by atoms with Gasteiger partial charge in [-0.25, -0.2) is 0 Å². The minimum absolute atomic E-state index is 0.138. The highest BCUT2D eigenvalue weighted by molar-refractivity contribution is 5.63. The third kappa shape index (κ3) is 3.06. The van der Waals surface area contributed by atoms with Crippen LogP contribution >= 0.6 is 0 Å². The molecule has 3 saturated heterocycles. The molecular formula is C38H42N2O3. The predicted octanol–water partition coefficient (Wildman–Crippen LogP) is 6.68. The lowest BCUT2D eigenvalue weighted by Gasteiger charge is -2.70. The van der Waals surface area contributed by atoms with Crippen LogP contribution in [-0.4, -0.2) is 55.7 Å². The van der Waals surface area contributed by atoms with Crippen molar-refractivity contribution in [3.05, 3.63) is 83.4 Å². The van der Waals surface area contributed by atoms with Gasteiger partial charge < -0.3 is 14.2 Å². The Bertz CT molecular complexity index is 1620. The van der Waals surface area contributed by atoms with Gasteiger partial charge in [-0.2, -0.15) is 0 Å². The SMILES string of the molecule is COc1cccc(Oc2c(OC)ccc3c2C24CCN(CC5CC5)C(C3)C23CC2C5C4C2(CN5Cc2ccccc2)C3)c1. The summed E-state index contributed by atoms with van der Waals surface area (Å²) in [7, 11) is 3.53. The van der Waals surface area contributed by atoms with Crippen LogP contribution in [0, 0.1) is 28.6 Å². The molecule has 43 heavy (non-hydrogen) atoms. The number of benzene rings is 3. The molecular weight excluding hydrogens is 532 g/mol. The van der Waals surface area contributed by atoms with Gasteiger partial charge in [-0.05, 0) is 103 Å². The lowest BCUT2D eigenvalue weighted by molar-refractivity contribution is -0.154. The monoisotopic (exact) mass is 574 g/mol. The third-order valence-electron chi connectivity index (χ3n) is 13.5. The molecule has 0 amide bonds. The van der Waals surface area contributed by atoms with Crippen molar-refractivity contribution in [2.75, 3.05) is 33.9 Å². The average molecular weight is 575 g/mol. The van der Waals surface area contributed by atoms with E-state index in [0.717, 1.165) is 47.8 Å². The van der Waals surface area contributed by atoms with Crippen LogP contribution in [0.15, 0.2) is 66.7 Å². The molecule has 2 spiro atoms. The zero-order chi connectivity index (χ0) is 28.6. The summed E-state index contributed by atoms with van der Waals surface area (Å²) in [5, 5.41) is 0. The first kappa shape index (κ1) is 25.3. The van der Waals surface area contributed by atoms with Gasteiger partial charge in [0.15, 0.2) is 11.5 Å². The van der Waals surface area contributed by atoms with Crippen LogP contribution in [0.2, 0.25) is 0 Å². The van der Waals surface area contributed by atoms with Gasteiger partial charge in [0.25, 0.3) is 0 Å². The molecule has 5 nitrogen and oxygen atoms in total. The summed E-state index contributed by atoms with van der Waals surface area (Å²) in [4.78, 5) is 5.87. The fraction of sp³-hybridized carbons (Fsp3) is 0.526. The molecule has 0 radical (unpaired) electrons. The average Bonchev–Trinajstić information content (AvgIpc) is 3.58. The Balaban J connectivity index is 1.14. The van der Waals surface area contributed by atoms with E-state index >= 15 is 0 Å². The van der Waals surface area contributed by atoms with E-state index in [9.17, 15) is 0 Å². The number of likely N-dealkylation sites (tertiary alicyclic amines) is 1. The number of rotatable bonds is 8. The van der Waals surface area contributed by atoms with Gasteiger partial charge >= 0.3 is 0 Å². The Morgan fingerprint density at radius 2 is 1.77 bits per heavy atom. The number of fused-ring (bicyclic) bond motifs is 2. The van der Waals surface area contributed by atoms with Crippen LogP contribution in [0.25, 0.3) is 0 Å². The van der Waals surface area contributed by atoms with E-state index in [1.165, 1.54) is 68.4 Å². The van der Waals surface area contributed by atoms with Crippen molar-refractivity contribution in [2.24, 2.45) is 28.6 Å². The number of hydrogen-bond acceptors (Lipinski definition) is 5. The second-order valence-electron chi connectivity index (χ2n) is 15.0. The predicted molar refractivity (Wildman–Crippen MR) is 166 cm³/mol. The van der Waals surface area contributed by atoms with Crippen molar-refractivity contribution >= 4 is 0 Å². The third-order valence-corrected chi connectivity index (χ3v) is 13.5. The smallest absolute Gasteiger partial charge is 0.173 e. The lowest BCUT2D eigenvalue weighted by Crippen LogP contribution is -2.73. The Morgan fingerprint density at radius 3 is 2.58 bits per heavy atom. The van der Waals surface area contributed by atoms with E-state index in [-0.39, 0.29) is 5.41 Å². The summed E-state index contributed by atoms with van der Waals surface area (Å²) in [5.41, 5.74) is 5.41. The van der Waals surface area contributed by atoms with Crippen molar-refractivity contribution in [1.29, 1.82) is 0 Å². The van der Waals surface area contributed by atoms with Crippen LogP contribution in [0.3, 0.4) is 0 Å². The van der Waals surface area contributed by atoms with Crippen LogP contribution in [-0.2, 0) is 18.4 Å². The summed E-state index contributed by atoms with van der Waals surface area (Å²) in [6.07, 6.45) is 8.05. The van der Waals surface area contributed by atoms with E-state index in [1.54, 1.807) is 7.11 Å². The van der Waals surface area contributed by atoms with Crippen LogP contribution in [0.4, 0.5) is 0 Å². The number of ether oxygens (including phenoxy) is 3. The van der Waals surface area contributed by atoms with E-state index in [2.05, 4.69) is 58.3 Å². The van der Waals surface area contributed by atoms with Crippen LogP contribution in [0.5, 0.6) is 23.0 Å². The topological polar surface area (TPSA) is 34.2 Å². The van der Waals surface area contributed by atoms with Gasteiger partial charge in [0.05, 0.1) is 14.2 Å². The standard InChI is InChI=1S/C38H42N2O3/c1-41-27-9-6-10-28(18-27)43-34-30(42-2)14-13-26-17-31-37-19-29-33-35(38(37,32(26)34)15-16-39(31)20-25-11-12-25)36(29,22-37)23-40(33)21-24-7-4-3-5-8-24/h3-10,13-14,18,25,29,31,33,35H,11-12,15-17,19-23H2,1-2H3. The van der Waals surface area contributed by atoms with E-state index < -0.39 is 0 Å². The minimum Gasteiger partial charge on any atom is -0.497 e. The van der Waals surface area contributed by atoms with Gasteiger partial charge in [0.2, 0.25) is 0 Å². The summed E-state index contributed by atoms with van der Waals surface area (Å²) >= 11 is 0. The first-order valence-corrected chi connectivity index (χ1v) is 16.6. The van der Waals surface area contributed by atoms with E-state index in [0.29, 0.717) is 28.8 Å². The molecule has 4 saturated carbocycles. The molecule has 5 aliphatic carbocycles. The molecule has 0 aromatic heterocycles. The summed E-state index contributed by atoms with van der Waals surface area (Å²) < 4.78 is 18.7. The van der Waals surface area contributed by atoms with Gasteiger partial charge in [0, 0.05) is 48.8 Å². The second kappa shape index (κ2) is 8.57. The minimum atomic E-state index is 0.138. The molecule has 7 atom stereocenters. The summed E-state index contributed by atoms with van der Waals surface area (Å²) in [6, 6.07) is 25.2. The first-order valence-electron chi connectivity index (χ1n) is 16.6. The van der Waals surface area contributed by atoms with Gasteiger partial charge in [-0.1, -0.05) is 42.5 Å². The van der Waals surface area contributed by atoms with E-state index in [1.807, 2.05) is 25.3 Å². The fourth-order valence-electron chi connectivity index (χ4n) is 12.3. The number of nitrogens with zero attached hydrogens (tertiary/aromatic N) is 2. The number of hydrogen-bond donors (Lipinski definition) is 0. The summed E-state index contributed by atoms with van der Waals surface area (Å²) in [5.74, 6) is 5.97. The first-order chi connectivity index (χ1) is 21.1. The normalized spacial score (nSPS) is 37.9. The molecule has 5 heteroatoms. The quantitative estimate of drug-likeness (QED) is 0.300. The molecule has 222 valence electrons. The van der Waals surface area contributed by atoms with Gasteiger partial charge in [-0.15, -0.1) is 0 Å². The van der Waals surface area contributed by atoms with Gasteiger partial charge in [0.1, 0.15) is 11.5 Å². The lowest BCUT2D eigenvalue weighted by atomic mass is 9.37. The Labute approximate surface area is 255 Å². The zero-order valence-electron chi connectivity index (χ0n) is 25.4. The van der Waals surface area contributed by atoms with Crippen LogP contribution < -0.4 is 14.2 Å². The molecule has 3 aliphatic heterocycles. The molecule has 3 heterocycles. The molecule has 11 rings (SSSR count).